The number of hydrogen-bond donors (Lipinski definition) is 3. The predicted molar refractivity (Wildman–Crippen MR) is 79.1 cm³/mol. The molecule has 0 aromatic heterocycles. The second-order valence-corrected chi connectivity index (χ2v) is 4.74. The molecular formula is C13H13F3N6O2. The zero-order chi connectivity index (χ0) is 17.7. The number of hydrogen-bond acceptors (Lipinski definition) is 4. The standard InChI is InChI=1S/C13H13F3N6O2/c1-8-7-22(12(24)20-18-8)21-19-11(23)17-6-9-4-2-3-5-10(9)13(14,15)16/h2-6,21H,7H2,1H3,(H,19,23)(H,20,24)/b17-6+. The first-order valence-corrected chi connectivity index (χ1v) is 6.64. The number of amides is 4. The fraction of sp³-hybridized carbons (Fsp3) is 0.231. The van der Waals surface area contributed by atoms with E-state index >= 15 is 0 Å². The molecule has 1 aliphatic heterocycles. The Hall–Kier alpha value is -2.95. The first-order valence-electron chi connectivity index (χ1n) is 6.64. The second-order valence-electron chi connectivity index (χ2n) is 4.74. The van der Waals surface area contributed by atoms with Crippen LogP contribution in [0.1, 0.15) is 18.1 Å². The van der Waals surface area contributed by atoms with Gasteiger partial charge in [0.2, 0.25) is 0 Å². The molecule has 0 unspecified atom stereocenters. The second kappa shape index (κ2) is 7.08. The van der Waals surface area contributed by atoms with Gasteiger partial charge < -0.3 is 0 Å². The highest BCUT2D eigenvalue weighted by Crippen LogP contribution is 2.31. The van der Waals surface area contributed by atoms with Gasteiger partial charge in [-0.1, -0.05) is 18.2 Å². The summed E-state index contributed by atoms with van der Waals surface area (Å²) in [5, 5.41) is 4.70. The van der Waals surface area contributed by atoms with Crippen LogP contribution in [0, 0.1) is 0 Å². The van der Waals surface area contributed by atoms with Crippen molar-refractivity contribution in [1.29, 1.82) is 0 Å². The molecule has 0 saturated heterocycles. The number of benzene rings is 1. The van der Waals surface area contributed by atoms with Crippen molar-refractivity contribution in [2.45, 2.75) is 13.1 Å². The van der Waals surface area contributed by atoms with Crippen molar-refractivity contribution >= 4 is 24.0 Å². The summed E-state index contributed by atoms with van der Waals surface area (Å²) in [5.41, 5.74) is 5.97. The average molecular weight is 342 g/mol. The number of carbonyl (C=O) groups excluding carboxylic acids is 2. The molecule has 3 N–H and O–H groups in total. The number of urea groups is 2. The molecule has 1 aromatic rings. The van der Waals surface area contributed by atoms with E-state index in [4.69, 9.17) is 0 Å². The van der Waals surface area contributed by atoms with Gasteiger partial charge >= 0.3 is 18.2 Å². The Kier molecular flexibility index (Phi) is 5.14. The van der Waals surface area contributed by atoms with Crippen molar-refractivity contribution in [2.24, 2.45) is 10.1 Å². The van der Waals surface area contributed by atoms with Gasteiger partial charge in [0.25, 0.3) is 0 Å². The van der Waals surface area contributed by atoms with E-state index < -0.39 is 23.8 Å². The Labute approximate surface area is 134 Å². The van der Waals surface area contributed by atoms with Gasteiger partial charge in [0.1, 0.15) is 0 Å². The zero-order valence-electron chi connectivity index (χ0n) is 12.4. The molecule has 0 fully saturated rings. The van der Waals surface area contributed by atoms with Crippen LogP contribution in [0.4, 0.5) is 22.8 Å². The Bertz CT molecular complexity index is 701. The van der Waals surface area contributed by atoms with Crippen molar-refractivity contribution in [3.63, 3.8) is 0 Å². The summed E-state index contributed by atoms with van der Waals surface area (Å²) in [5.74, 6) is 0. The number of carbonyl (C=O) groups is 2. The first kappa shape index (κ1) is 17.4. The lowest BCUT2D eigenvalue weighted by Crippen LogP contribution is -2.57. The number of nitrogens with zero attached hydrogens (tertiary/aromatic N) is 3. The molecule has 11 heteroatoms. The topological polar surface area (TPSA) is 98.2 Å². The highest BCUT2D eigenvalue weighted by atomic mass is 19.4. The zero-order valence-corrected chi connectivity index (χ0v) is 12.4. The monoisotopic (exact) mass is 342 g/mol. The maximum absolute atomic E-state index is 12.8. The number of hydrazone groups is 1. The lowest BCUT2D eigenvalue weighted by molar-refractivity contribution is -0.137. The molecule has 24 heavy (non-hydrogen) atoms. The van der Waals surface area contributed by atoms with Crippen molar-refractivity contribution in [3.05, 3.63) is 35.4 Å². The molecule has 1 aromatic carbocycles. The van der Waals surface area contributed by atoms with Crippen LogP contribution in [0.3, 0.4) is 0 Å². The number of halogens is 3. The van der Waals surface area contributed by atoms with E-state index in [2.05, 4.69) is 26.5 Å². The largest absolute Gasteiger partial charge is 0.417 e. The van der Waals surface area contributed by atoms with E-state index in [1.54, 1.807) is 6.92 Å². The fourth-order valence-electron chi connectivity index (χ4n) is 1.77. The molecule has 0 radical (unpaired) electrons. The minimum absolute atomic E-state index is 0.118. The lowest BCUT2D eigenvalue weighted by Gasteiger charge is -2.25. The highest BCUT2D eigenvalue weighted by molar-refractivity contribution is 5.93. The van der Waals surface area contributed by atoms with Gasteiger partial charge in [0.05, 0.1) is 17.8 Å². The minimum Gasteiger partial charge on any atom is -0.253 e. The number of nitrogens with one attached hydrogen (secondary N) is 3. The van der Waals surface area contributed by atoms with Crippen molar-refractivity contribution in [1.82, 2.24) is 21.4 Å². The van der Waals surface area contributed by atoms with E-state index in [0.717, 1.165) is 17.3 Å². The summed E-state index contributed by atoms with van der Waals surface area (Å²) in [6.07, 6.45) is -3.76. The third-order valence-corrected chi connectivity index (χ3v) is 2.86. The summed E-state index contributed by atoms with van der Waals surface area (Å²) in [4.78, 5) is 26.4. The van der Waals surface area contributed by atoms with Crippen molar-refractivity contribution in [3.8, 4) is 0 Å². The fourth-order valence-corrected chi connectivity index (χ4v) is 1.77. The van der Waals surface area contributed by atoms with E-state index in [9.17, 15) is 22.8 Å². The lowest BCUT2D eigenvalue weighted by atomic mass is 10.1. The maximum Gasteiger partial charge on any atom is 0.417 e. The van der Waals surface area contributed by atoms with Crippen molar-refractivity contribution in [2.75, 3.05) is 6.54 Å². The molecule has 1 aliphatic rings. The maximum atomic E-state index is 12.8. The first-order chi connectivity index (χ1) is 11.3. The Balaban J connectivity index is 1.97. The van der Waals surface area contributed by atoms with Crippen LogP contribution in [0.15, 0.2) is 34.4 Å². The predicted octanol–water partition coefficient (Wildman–Crippen LogP) is 1.65. The van der Waals surface area contributed by atoms with Gasteiger partial charge in [-0.25, -0.2) is 25.0 Å². The van der Waals surface area contributed by atoms with Gasteiger partial charge in [-0.2, -0.15) is 18.3 Å². The van der Waals surface area contributed by atoms with E-state index in [1.165, 1.54) is 18.2 Å². The normalized spacial score (nSPS) is 15.2. The van der Waals surface area contributed by atoms with Crippen LogP contribution < -0.4 is 16.4 Å². The summed E-state index contributed by atoms with van der Waals surface area (Å²) >= 11 is 0. The van der Waals surface area contributed by atoms with Crippen LogP contribution in [0.2, 0.25) is 0 Å². The number of aliphatic imine (C=N–C) groups is 1. The molecule has 8 nitrogen and oxygen atoms in total. The molecule has 0 bridgehead atoms. The van der Waals surface area contributed by atoms with Crippen LogP contribution in [-0.4, -0.2) is 35.5 Å². The number of rotatable bonds is 3. The molecule has 0 saturated carbocycles. The molecule has 4 amide bonds. The molecular weight excluding hydrogens is 329 g/mol. The van der Waals surface area contributed by atoms with E-state index in [-0.39, 0.29) is 12.1 Å². The smallest absolute Gasteiger partial charge is 0.253 e. The third-order valence-electron chi connectivity index (χ3n) is 2.86. The molecule has 2 rings (SSSR count). The molecule has 0 aliphatic carbocycles. The van der Waals surface area contributed by atoms with Gasteiger partial charge in [-0.3, -0.25) is 5.43 Å². The Morgan fingerprint density at radius 3 is 2.83 bits per heavy atom. The number of alkyl halides is 3. The molecule has 0 atom stereocenters. The SMILES string of the molecule is CC1=NNC(=O)N(NNC(=O)/N=C/c2ccccc2C(F)(F)F)C1. The van der Waals surface area contributed by atoms with Gasteiger partial charge in [0.15, 0.2) is 0 Å². The average Bonchev–Trinajstić information content (AvgIpc) is 2.53. The summed E-state index contributed by atoms with van der Waals surface area (Å²) in [6.45, 7) is 1.77. The van der Waals surface area contributed by atoms with E-state index in [1.807, 2.05) is 0 Å². The molecule has 1 heterocycles. The third kappa shape index (κ3) is 4.52. The molecule has 0 spiro atoms. The minimum atomic E-state index is -4.56. The summed E-state index contributed by atoms with van der Waals surface area (Å²) < 4.78 is 38.4. The van der Waals surface area contributed by atoms with Crippen molar-refractivity contribution < 1.29 is 22.8 Å². The van der Waals surface area contributed by atoms with Crippen LogP contribution in [-0.2, 0) is 6.18 Å². The van der Waals surface area contributed by atoms with Crippen LogP contribution >= 0.6 is 0 Å². The summed E-state index contributed by atoms with van der Waals surface area (Å²) in [7, 11) is 0. The molecule has 128 valence electrons. The Morgan fingerprint density at radius 2 is 2.12 bits per heavy atom. The quantitative estimate of drug-likeness (QED) is 0.575. The summed E-state index contributed by atoms with van der Waals surface area (Å²) in [6, 6.07) is 3.13. The van der Waals surface area contributed by atoms with Gasteiger partial charge in [0, 0.05) is 11.8 Å². The number of hydrazine groups is 2. The van der Waals surface area contributed by atoms with Gasteiger partial charge in [-0.05, 0) is 13.0 Å². The van der Waals surface area contributed by atoms with Crippen LogP contribution in [0.5, 0.6) is 0 Å². The Morgan fingerprint density at radius 1 is 1.42 bits per heavy atom. The van der Waals surface area contributed by atoms with Gasteiger partial charge in [-0.15, -0.1) is 5.53 Å². The highest BCUT2D eigenvalue weighted by Gasteiger charge is 2.32. The van der Waals surface area contributed by atoms with E-state index in [0.29, 0.717) is 5.71 Å². The van der Waals surface area contributed by atoms with Crippen LogP contribution in [0.25, 0.3) is 0 Å².